The van der Waals surface area contributed by atoms with E-state index in [0.29, 0.717) is 36.4 Å². The largest absolute Gasteiger partial charge is 0.421 e. The molecule has 2 aromatic heterocycles. The molecule has 1 fully saturated rings. The molecule has 0 spiro atoms. The summed E-state index contributed by atoms with van der Waals surface area (Å²) in [6.45, 7) is 5.04. The fourth-order valence-corrected chi connectivity index (χ4v) is 3.65. The van der Waals surface area contributed by atoms with E-state index >= 15 is 0 Å². The first-order valence-electron chi connectivity index (χ1n) is 10.8. The average molecular weight is 468 g/mol. The van der Waals surface area contributed by atoms with E-state index in [1.54, 1.807) is 32.4 Å². The van der Waals surface area contributed by atoms with Gasteiger partial charge in [-0.1, -0.05) is 0 Å². The fourth-order valence-electron chi connectivity index (χ4n) is 3.65. The Bertz CT molecular complexity index is 1180. The van der Waals surface area contributed by atoms with E-state index in [1.807, 2.05) is 18.7 Å². The third-order valence-corrected chi connectivity index (χ3v) is 5.33. The number of anilines is 2. The number of hydrogen-bond donors (Lipinski definition) is 1. The number of pyridine rings is 1. The number of benzene rings is 1. The number of halogens is 1. The number of rotatable bonds is 5. The quantitative estimate of drug-likeness (QED) is 0.604. The summed E-state index contributed by atoms with van der Waals surface area (Å²) in [5.74, 6) is -0.103. The van der Waals surface area contributed by atoms with Gasteiger partial charge in [0.25, 0.3) is 5.91 Å². The second-order valence-corrected chi connectivity index (χ2v) is 8.30. The summed E-state index contributed by atoms with van der Waals surface area (Å²) in [5.41, 5.74) is 6.51. The summed E-state index contributed by atoms with van der Waals surface area (Å²) in [5, 5.41) is 0. The normalized spacial score (nSPS) is 18.0. The number of amides is 1. The molecule has 3 aromatic rings. The zero-order chi connectivity index (χ0) is 24.4. The summed E-state index contributed by atoms with van der Waals surface area (Å²) < 4.78 is 26.1. The van der Waals surface area contributed by atoms with Crippen LogP contribution in [0.5, 0.6) is 11.8 Å². The molecule has 0 aliphatic carbocycles. The van der Waals surface area contributed by atoms with E-state index in [0.717, 1.165) is 6.07 Å². The number of nitrogen functional groups attached to an aromatic ring is 1. The van der Waals surface area contributed by atoms with Crippen LogP contribution in [0.25, 0.3) is 11.4 Å². The van der Waals surface area contributed by atoms with E-state index < -0.39 is 5.82 Å². The lowest BCUT2D eigenvalue weighted by atomic mass is 10.2. The van der Waals surface area contributed by atoms with Crippen LogP contribution in [0.3, 0.4) is 0 Å². The maximum Gasteiger partial charge on any atom is 0.327 e. The van der Waals surface area contributed by atoms with E-state index in [4.69, 9.17) is 15.2 Å². The van der Waals surface area contributed by atoms with E-state index in [9.17, 15) is 9.18 Å². The van der Waals surface area contributed by atoms with Crippen molar-refractivity contribution < 1.29 is 18.7 Å². The Labute approximate surface area is 196 Å². The Morgan fingerprint density at radius 2 is 1.88 bits per heavy atom. The minimum Gasteiger partial charge on any atom is -0.421 e. The molecule has 0 saturated carbocycles. The van der Waals surface area contributed by atoms with Crippen molar-refractivity contribution in [3.8, 4) is 23.1 Å². The van der Waals surface area contributed by atoms with Crippen LogP contribution in [0, 0.1) is 5.82 Å². The topological polar surface area (TPSA) is 120 Å². The van der Waals surface area contributed by atoms with Crippen molar-refractivity contribution in [3.63, 3.8) is 0 Å². The molecule has 2 atom stereocenters. The molecule has 3 heterocycles. The van der Waals surface area contributed by atoms with Crippen molar-refractivity contribution in [2.24, 2.45) is 0 Å². The lowest BCUT2D eigenvalue weighted by Gasteiger charge is -2.38. The van der Waals surface area contributed by atoms with Crippen molar-refractivity contribution in [1.29, 1.82) is 0 Å². The van der Waals surface area contributed by atoms with E-state index in [-0.39, 0.29) is 35.3 Å². The second kappa shape index (κ2) is 9.56. The Hall–Kier alpha value is -3.86. The van der Waals surface area contributed by atoms with Gasteiger partial charge in [-0.2, -0.15) is 15.0 Å². The zero-order valence-corrected chi connectivity index (χ0v) is 19.4. The standard InChI is InChI=1S/C23H26FN7O3/c1-13-11-33-12-14(2)31(13)22-27-20(16-6-8-19(25)26-10-16)28-23(29-22)34-18-7-5-15(9-17(18)24)21(32)30(3)4/h5-10,13-14H,11-12H2,1-4H3,(H2,25,26). The van der Waals surface area contributed by atoms with Crippen LogP contribution in [0.4, 0.5) is 16.2 Å². The van der Waals surface area contributed by atoms with Gasteiger partial charge in [0.1, 0.15) is 5.82 Å². The van der Waals surface area contributed by atoms with Crippen LogP contribution >= 0.6 is 0 Å². The number of nitrogens with zero attached hydrogens (tertiary/aromatic N) is 6. The Morgan fingerprint density at radius 3 is 2.50 bits per heavy atom. The monoisotopic (exact) mass is 467 g/mol. The molecule has 1 amide bonds. The van der Waals surface area contributed by atoms with Gasteiger partial charge in [-0.05, 0) is 44.2 Å². The molecule has 0 radical (unpaired) electrons. The predicted molar refractivity (Wildman–Crippen MR) is 124 cm³/mol. The van der Waals surface area contributed by atoms with Crippen LogP contribution in [-0.4, -0.2) is 70.1 Å². The molecule has 1 saturated heterocycles. The van der Waals surface area contributed by atoms with Gasteiger partial charge in [0.15, 0.2) is 17.4 Å². The van der Waals surface area contributed by atoms with E-state index in [2.05, 4.69) is 19.9 Å². The molecule has 1 aliphatic heterocycles. The molecular weight excluding hydrogens is 441 g/mol. The zero-order valence-electron chi connectivity index (χ0n) is 19.4. The summed E-state index contributed by atoms with van der Waals surface area (Å²) in [4.78, 5) is 33.1. The second-order valence-electron chi connectivity index (χ2n) is 8.30. The lowest BCUT2D eigenvalue weighted by Crippen LogP contribution is -2.50. The average Bonchev–Trinajstić information content (AvgIpc) is 2.80. The molecule has 1 aliphatic rings. The van der Waals surface area contributed by atoms with Gasteiger partial charge in [0.05, 0.1) is 25.3 Å². The number of morpholine rings is 1. The number of aromatic nitrogens is 4. The molecule has 10 nitrogen and oxygen atoms in total. The van der Waals surface area contributed by atoms with Gasteiger partial charge in [-0.15, -0.1) is 0 Å². The Kier molecular flexibility index (Phi) is 6.55. The van der Waals surface area contributed by atoms with Crippen LogP contribution in [0.1, 0.15) is 24.2 Å². The van der Waals surface area contributed by atoms with Gasteiger partial charge in [-0.25, -0.2) is 9.37 Å². The van der Waals surface area contributed by atoms with Gasteiger partial charge in [-0.3, -0.25) is 4.79 Å². The van der Waals surface area contributed by atoms with Crippen molar-refractivity contribution in [3.05, 3.63) is 47.9 Å². The molecule has 34 heavy (non-hydrogen) atoms. The SMILES string of the molecule is CC1COCC(C)N1c1nc(Oc2ccc(C(=O)N(C)C)cc2F)nc(-c2ccc(N)nc2)n1. The molecule has 4 rings (SSSR count). The van der Waals surface area contributed by atoms with Gasteiger partial charge >= 0.3 is 6.01 Å². The first-order chi connectivity index (χ1) is 16.2. The molecule has 2 unspecified atom stereocenters. The summed E-state index contributed by atoms with van der Waals surface area (Å²) in [6, 6.07) is 7.28. The van der Waals surface area contributed by atoms with Gasteiger partial charge in [0, 0.05) is 31.4 Å². The number of nitrogens with two attached hydrogens (primary N) is 1. The van der Waals surface area contributed by atoms with Crippen LogP contribution in [0.2, 0.25) is 0 Å². The van der Waals surface area contributed by atoms with E-state index in [1.165, 1.54) is 17.0 Å². The maximum absolute atomic E-state index is 14.8. The molecule has 11 heteroatoms. The summed E-state index contributed by atoms with van der Waals surface area (Å²) >= 11 is 0. The van der Waals surface area contributed by atoms with Crippen molar-refractivity contribution in [1.82, 2.24) is 24.8 Å². The first-order valence-corrected chi connectivity index (χ1v) is 10.8. The minimum absolute atomic E-state index is 0.00413. The number of hydrogen-bond acceptors (Lipinski definition) is 9. The molecule has 1 aromatic carbocycles. The van der Waals surface area contributed by atoms with Crippen molar-refractivity contribution >= 4 is 17.7 Å². The van der Waals surface area contributed by atoms with Crippen molar-refractivity contribution in [2.75, 3.05) is 37.9 Å². The Balaban J connectivity index is 1.73. The molecule has 0 bridgehead atoms. The predicted octanol–water partition coefficient (Wildman–Crippen LogP) is 2.76. The maximum atomic E-state index is 14.8. The summed E-state index contributed by atoms with van der Waals surface area (Å²) in [6.07, 6.45) is 1.55. The molecule has 178 valence electrons. The highest BCUT2D eigenvalue weighted by Crippen LogP contribution is 2.29. The van der Waals surface area contributed by atoms with Gasteiger partial charge in [0.2, 0.25) is 5.95 Å². The highest BCUT2D eigenvalue weighted by Gasteiger charge is 2.29. The van der Waals surface area contributed by atoms with Crippen LogP contribution in [0.15, 0.2) is 36.5 Å². The van der Waals surface area contributed by atoms with Gasteiger partial charge < -0.3 is 25.0 Å². The molecule has 2 N–H and O–H groups in total. The first kappa shape index (κ1) is 23.3. The van der Waals surface area contributed by atoms with Crippen molar-refractivity contribution in [2.45, 2.75) is 25.9 Å². The number of ether oxygens (including phenoxy) is 2. The number of carbonyl (C=O) groups excluding carboxylic acids is 1. The van der Waals surface area contributed by atoms with Crippen LogP contribution < -0.4 is 15.4 Å². The summed E-state index contributed by atoms with van der Waals surface area (Å²) in [7, 11) is 3.19. The minimum atomic E-state index is -0.710. The third-order valence-electron chi connectivity index (χ3n) is 5.33. The van der Waals surface area contributed by atoms with Crippen LogP contribution in [-0.2, 0) is 4.74 Å². The molecular formula is C23H26FN7O3. The third kappa shape index (κ3) is 4.88. The lowest BCUT2D eigenvalue weighted by molar-refractivity contribution is 0.0746. The highest BCUT2D eigenvalue weighted by molar-refractivity contribution is 5.94. The smallest absolute Gasteiger partial charge is 0.327 e. The fraction of sp³-hybridized carbons (Fsp3) is 0.348. The number of carbonyl (C=O) groups is 1. The highest BCUT2D eigenvalue weighted by atomic mass is 19.1. The Morgan fingerprint density at radius 1 is 1.15 bits per heavy atom.